The summed E-state index contributed by atoms with van der Waals surface area (Å²) in [5.41, 5.74) is -0.327. The van der Waals surface area contributed by atoms with E-state index in [1.807, 2.05) is 45.2 Å². The highest BCUT2D eigenvalue weighted by atomic mass is 127. The maximum Gasteiger partial charge on any atom is 0.417 e. The molecular weight excluding hydrogens is 463 g/mol. The Morgan fingerprint density at radius 3 is 2.19 bits per heavy atom. The van der Waals surface area contributed by atoms with E-state index >= 15 is 0 Å². The van der Waals surface area contributed by atoms with E-state index < -0.39 is 11.7 Å². The zero-order chi connectivity index (χ0) is 12.3. The summed E-state index contributed by atoms with van der Waals surface area (Å²) in [4.78, 5) is 0.661. The quantitative estimate of drug-likeness (QED) is 0.511. The van der Waals surface area contributed by atoms with Crippen molar-refractivity contribution in [1.29, 1.82) is 0 Å². The van der Waals surface area contributed by atoms with Gasteiger partial charge in [0.2, 0.25) is 0 Å². The molecule has 0 heterocycles. The lowest BCUT2D eigenvalue weighted by atomic mass is 10.1. The van der Waals surface area contributed by atoms with Gasteiger partial charge in [-0.15, -0.1) is 11.8 Å². The fourth-order valence-electron chi connectivity index (χ4n) is 1.22. The Balaban J connectivity index is 3.40. The Bertz CT molecular complexity index is 409. The molecule has 0 aromatic heterocycles. The van der Waals surface area contributed by atoms with Crippen LogP contribution in [0, 0.1) is 0 Å². The normalized spacial score (nSPS) is 11.4. The van der Waals surface area contributed by atoms with Crippen LogP contribution in [0.25, 0.3) is 4.91 Å². The molecule has 0 saturated carbocycles. The predicted octanol–water partition coefficient (Wildman–Crippen LogP) is 5.56. The molecule has 6 heteroatoms. The monoisotopic (exact) mass is 470 g/mol. The van der Waals surface area contributed by atoms with Crippen molar-refractivity contribution in [2.75, 3.05) is 6.26 Å². The predicted molar refractivity (Wildman–Crippen MR) is 79.9 cm³/mol. The van der Waals surface area contributed by atoms with Crippen LogP contribution >= 0.6 is 56.9 Å². The van der Waals surface area contributed by atoms with Crippen molar-refractivity contribution in [2.24, 2.45) is 0 Å². The van der Waals surface area contributed by atoms with Gasteiger partial charge in [0.15, 0.2) is 0 Å². The summed E-state index contributed by atoms with van der Waals surface area (Å²) in [6.45, 7) is 0. The number of alkyl halides is 3. The third kappa shape index (κ3) is 3.52. The first-order chi connectivity index (χ1) is 7.38. The van der Waals surface area contributed by atoms with E-state index in [4.69, 9.17) is 0 Å². The van der Waals surface area contributed by atoms with E-state index in [-0.39, 0.29) is 5.56 Å². The van der Waals surface area contributed by atoms with Crippen LogP contribution in [-0.2, 0) is 6.18 Å². The van der Waals surface area contributed by atoms with Crippen LogP contribution in [0.1, 0.15) is 11.1 Å². The first kappa shape index (κ1) is 14.6. The summed E-state index contributed by atoms with van der Waals surface area (Å²) in [7, 11) is 0. The van der Waals surface area contributed by atoms with Gasteiger partial charge in [-0.25, -0.2) is 0 Å². The highest BCUT2D eigenvalue weighted by Crippen LogP contribution is 2.41. The molecule has 0 aliphatic heterocycles. The molecule has 1 aromatic rings. The highest BCUT2D eigenvalue weighted by Gasteiger charge is 2.33. The Hall–Kier alpha value is 0.560. The van der Waals surface area contributed by atoms with E-state index in [9.17, 15) is 13.2 Å². The maximum absolute atomic E-state index is 12.8. The Morgan fingerprint density at radius 1 is 1.19 bits per heavy atom. The fourth-order valence-corrected chi connectivity index (χ4v) is 3.67. The lowest BCUT2D eigenvalue weighted by Crippen LogP contribution is -2.08. The van der Waals surface area contributed by atoms with Gasteiger partial charge in [-0.1, -0.05) is 18.2 Å². The molecule has 16 heavy (non-hydrogen) atoms. The second-order valence-electron chi connectivity index (χ2n) is 2.84. The van der Waals surface area contributed by atoms with Crippen LogP contribution in [0.2, 0.25) is 0 Å². The van der Waals surface area contributed by atoms with Gasteiger partial charge >= 0.3 is 6.18 Å². The van der Waals surface area contributed by atoms with Crippen LogP contribution in [0.5, 0.6) is 0 Å². The van der Waals surface area contributed by atoms with E-state index in [0.717, 1.165) is 7.65 Å². The molecule has 1 aromatic carbocycles. The Labute approximate surface area is 123 Å². The molecule has 88 valence electrons. The molecule has 0 saturated heterocycles. The van der Waals surface area contributed by atoms with Gasteiger partial charge in [-0.3, -0.25) is 0 Å². The fraction of sp³-hybridized carbons (Fsp3) is 0.200. The largest absolute Gasteiger partial charge is 0.417 e. The van der Waals surface area contributed by atoms with Gasteiger partial charge in [-0.2, -0.15) is 13.2 Å². The van der Waals surface area contributed by atoms with Gasteiger partial charge < -0.3 is 0 Å². The minimum absolute atomic E-state index is 0.251. The van der Waals surface area contributed by atoms with Crippen molar-refractivity contribution in [3.05, 3.63) is 37.0 Å². The third-order valence-electron chi connectivity index (χ3n) is 1.85. The van der Waals surface area contributed by atoms with Gasteiger partial charge in [0.05, 0.1) is 7.15 Å². The smallest absolute Gasteiger partial charge is 0.166 e. The summed E-state index contributed by atoms with van der Waals surface area (Å²) in [5.74, 6) is 0. The van der Waals surface area contributed by atoms with Crippen molar-refractivity contribution in [1.82, 2.24) is 0 Å². The molecule has 0 spiro atoms. The number of rotatable bonds is 2. The van der Waals surface area contributed by atoms with Crippen LogP contribution in [0.3, 0.4) is 0 Å². The summed E-state index contributed by atoms with van der Waals surface area (Å²) in [6.07, 6.45) is -2.53. The van der Waals surface area contributed by atoms with Crippen molar-refractivity contribution in [3.8, 4) is 0 Å². The van der Waals surface area contributed by atoms with E-state index in [1.54, 1.807) is 12.3 Å². The number of thioether (sulfide) groups is 1. The molecule has 0 aliphatic carbocycles. The summed E-state index contributed by atoms with van der Waals surface area (Å²) in [5, 5.41) is 0. The highest BCUT2D eigenvalue weighted by molar-refractivity contribution is 14.2. The molecule has 0 unspecified atom stereocenters. The van der Waals surface area contributed by atoms with Crippen molar-refractivity contribution in [2.45, 2.75) is 6.18 Å². The molecular formula is C10H7F3I2S. The van der Waals surface area contributed by atoms with Gasteiger partial charge in [0.25, 0.3) is 0 Å². The van der Waals surface area contributed by atoms with Gasteiger partial charge in [0.1, 0.15) is 0 Å². The second-order valence-corrected chi connectivity index (χ2v) is 7.88. The lowest BCUT2D eigenvalue weighted by molar-refractivity contribution is -0.137. The Kier molecular flexibility index (Phi) is 5.43. The minimum atomic E-state index is -4.31. The molecule has 0 nitrogen and oxygen atoms in total. The molecule has 0 amide bonds. The van der Waals surface area contributed by atoms with Gasteiger partial charge in [-0.05, 0) is 57.5 Å². The third-order valence-corrected chi connectivity index (χ3v) is 4.50. The molecule has 1 rings (SSSR count). The van der Waals surface area contributed by atoms with Crippen molar-refractivity contribution >= 4 is 61.8 Å². The number of hydrogen-bond donors (Lipinski definition) is 0. The van der Waals surface area contributed by atoms with E-state index in [0.29, 0.717) is 4.91 Å². The maximum atomic E-state index is 12.8. The number of benzene rings is 1. The van der Waals surface area contributed by atoms with Crippen molar-refractivity contribution in [3.63, 3.8) is 0 Å². The average molecular weight is 470 g/mol. The molecule has 0 aliphatic rings. The Morgan fingerprint density at radius 2 is 1.75 bits per heavy atom. The summed E-state index contributed by atoms with van der Waals surface area (Å²) < 4.78 is 39.1. The SMILES string of the molecule is CSC(=C(I)I)c1ccccc1C(F)(F)F. The standard InChI is InChI=1S/C10H7F3I2S/c1-16-8(9(14)15)6-4-2-3-5-7(6)10(11,12)13/h2-5H,1H3. The second kappa shape index (κ2) is 5.94. The molecule has 0 atom stereocenters. The summed E-state index contributed by atoms with van der Waals surface area (Å²) >= 11 is 5.39. The zero-order valence-corrected chi connectivity index (χ0v) is 13.2. The minimum Gasteiger partial charge on any atom is -0.166 e. The molecule has 0 N–H and O–H groups in total. The van der Waals surface area contributed by atoms with Crippen LogP contribution in [0.15, 0.2) is 25.9 Å². The first-order valence-electron chi connectivity index (χ1n) is 4.13. The van der Waals surface area contributed by atoms with Crippen LogP contribution in [-0.4, -0.2) is 6.26 Å². The number of hydrogen-bond acceptors (Lipinski definition) is 1. The van der Waals surface area contributed by atoms with E-state index in [2.05, 4.69) is 0 Å². The lowest BCUT2D eigenvalue weighted by Gasteiger charge is -2.14. The number of halogens is 5. The molecule has 0 radical (unpaired) electrons. The topological polar surface area (TPSA) is 0 Å². The zero-order valence-electron chi connectivity index (χ0n) is 8.11. The average Bonchev–Trinajstić information content (AvgIpc) is 2.17. The molecule has 0 bridgehead atoms. The first-order valence-corrected chi connectivity index (χ1v) is 7.52. The van der Waals surface area contributed by atoms with Gasteiger partial charge in [0, 0.05) is 10.5 Å². The molecule has 0 fully saturated rings. The van der Waals surface area contributed by atoms with E-state index in [1.165, 1.54) is 23.9 Å². The summed E-state index contributed by atoms with van der Waals surface area (Å²) in [6, 6.07) is 5.65. The van der Waals surface area contributed by atoms with Crippen LogP contribution < -0.4 is 0 Å². The van der Waals surface area contributed by atoms with Crippen LogP contribution in [0.4, 0.5) is 13.2 Å². The van der Waals surface area contributed by atoms with Crippen molar-refractivity contribution < 1.29 is 13.2 Å².